The summed E-state index contributed by atoms with van der Waals surface area (Å²) in [5.41, 5.74) is 1.25. The number of piperazine rings is 1. The number of hydrogen-bond donors (Lipinski definition) is 1. The number of anilines is 1. The lowest BCUT2D eigenvalue weighted by Gasteiger charge is -2.37. The molecule has 0 atom stereocenters. The van der Waals surface area contributed by atoms with Crippen LogP contribution in [-0.4, -0.2) is 70.5 Å². The van der Waals surface area contributed by atoms with Gasteiger partial charge in [-0.05, 0) is 44.5 Å². The molecule has 1 fully saturated rings. The maximum atomic E-state index is 5.38. The van der Waals surface area contributed by atoms with Gasteiger partial charge in [-0.25, -0.2) is 0 Å². The Bertz CT molecular complexity index is 511. The average Bonchev–Trinajstić information content (AvgIpc) is 2.67. The van der Waals surface area contributed by atoms with E-state index in [4.69, 9.17) is 14.5 Å². The minimum Gasteiger partial charge on any atom is -0.497 e. The summed E-state index contributed by atoms with van der Waals surface area (Å²) in [5.74, 6) is 1.92. The van der Waals surface area contributed by atoms with E-state index in [1.807, 2.05) is 19.1 Å². The van der Waals surface area contributed by atoms with Crippen LogP contribution in [-0.2, 0) is 4.74 Å². The van der Waals surface area contributed by atoms with E-state index in [1.165, 1.54) is 5.69 Å². The van der Waals surface area contributed by atoms with Gasteiger partial charge in [0.2, 0.25) is 0 Å². The summed E-state index contributed by atoms with van der Waals surface area (Å²) in [7, 11) is 1.70. The van der Waals surface area contributed by atoms with E-state index in [0.717, 1.165) is 70.6 Å². The normalized spacial score (nSPS) is 15.4. The van der Waals surface area contributed by atoms with Crippen molar-refractivity contribution in [3.63, 3.8) is 0 Å². The molecular formula is C19H32N4O2. The molecule has 1 heterocycles. The molecule has 0 amide bonds. The number of nitrogens with zero attached hydrogens (tertiary/aromatic N) is 3. The number of methoxy groups -OCH3 is 1. The van der Waals surface area contributed by atoms with Crippen molar-refractivity contribution in [1.29, 1.82) is 0 Å². The van der Waals surface area contributed by atoms with E-state index >= 15 is 0 Å². The monoisotopic (exact) mass is 348 g/mol. The van der Waals surface area contributed by atoms with Crippen LogP contribution in [0.2, 0.25) is 0 Å². The van der Waals surface area contributed by atoms with Gasteiger partial charge < -0.3 is 24.6 Å². The first-order valence-corrected chi connectivity index (χ1v) is 9.28. The standard InChI is InChI=1S/C19H32N4O2/c1-4-20-19(21-11-6-16-25-5-2)23-14-12-22(13-15-23)17-7-9-18(24-3)10-8-17/h7-10H,4-6,11-16H2,1-3H3,(H,20,21). The minimum absolute atomic E-state index is 0.775. The SMILES string of the molecule is CCNC(=NCCCOCC)N1CCN(c2ccc(OC)cc2)CC1. The van der Waals surface area contributed by atoms with Gasteiger partial charge in [0.15, 0.2) is 5.96 Å². The highest BCUT2D eigenvalue weighted by Gasteiger charge is 2.19. The Morgan fingerprint density at radius 1 is 1.12 bits per heavy atom. The van der Waals surface area contributed by atoms with Crippen LogP contribution in [0.3, 0.4) is 0 Å². The molecule has 0 bridgehead atoms. The molecule has 0 saturated carbocycles. The predicted molar refractivity (Wildman–Crippen MR) is 104 cm³/mol. The summed E-state index contributed by atoms with van der Waals surface area (Å²) in [4.78, 5) is 9.51. The smallest absolute Gasteiger partial charge is 0.194 e. The molecule has 2 rings (SSSR count). The van der Waals surface area contributed by atoms with Crippen molar-refractivity contribution in [2.45, 2.75) is 20.3 Å². The van der Waals surface area contributed by atoms with E-state index < -0.39 is 0 Å². The van der Waals surface area contributed by atoms with Crippen molar-refractivity contribution >= 4 is 11.6 Å². The third-order valence-corrected chi connectivity index (χ3v) is 4.26. The van der Waals surface area contributed by atoms with Gasteiger partial charge >= 0.3 is 0 Å². The van der Waals surface area contributed by atoms with Crippen LogP contribution >= 0.6 is 0 Å². The molecule has 1 saturated heterocycles. The molecule has 6 nitrogen and oxygen atoms in total. The molecule has 1 aliphatic heterocycles. The fourth-order valence-electron chi connectivity index (χ4n) is 2.89. The van der Waals surface area contributed by atoms with Crippen LogP contribution in [0, 0.1) is 0 Å². The van der Waals surface area contributed by atoms with E-state index in [-0.39, 0.29) is 0 Å². The Morgan fingerprint density at radius 3 is 2.44 bits per heavy atom. The number of hydrogen-bond acceptors (Lipinski definition) is 4. The van der Waals surface area contributed by atoms with E-state index in [9.17, 15) is 0 Å². The summed E-state index contributed by atoms with van der Waals surface area (Å²) < 4.78 is 10.6. The van der Waals surface area contributed by atoms with Gasteiger partial charge in [0.05, 0.1) is 7.11 Å². The molecule has 25 heavy (non-hydrogen) atoms. The van der Waals surface area contributed by atoms with Crippen LogP contribution in [0.5, 0.6) is 5.75 Å². The first kappa shape index (κ1) is 19.4. The van der Waals surface area contributed by atoms with E-state index in [2.05, 4.69) is 34.2 Å². The molecule has 0 aliphatic carbocycles. The van der Waals surface area contributed by atoms with Gasteiger partial charge in [-0.15, -0.1) is 0 Å². The molecule has 0 spiro atoms. The zero-order chi connectivity index (χ0) is 17.9. The number of benzene rings is 1. The zero-order valence-corrected chi connectivity index (χ0v) is 15.8. The van der Waals surface area contributed by atoms with Crippen molar-refractivity contribution < 1.29 is 9.47 Å². The quantitative estimate of drug-likeness (QED) is 0.443. The van der Waals surface area contributed by atoms with Gasteiger partial charge in [0.1, 0.15) is 5.75 Å². The molecule has 0 radical (unpaired) electrons. The lowest BCUT2D eigenvalue weighted by molar-refractivity contribution is 0.146. The fourth-order valence-corrected chi connectivity index (χ4v) is 2.89. The van der Waals surface area contributed by atoms with Crippen molar-refractivity contribution in [2.24, 2.45) is 4.99 Å². The predicted octanol–water partition coefficient (Wildman–Crippen LogP) is 2.21. The van der Waals surface area contributed by atoms with Crippen molar-refractivity contribution in [3.05, 3.63) is 24.3 Å². The fraction of sp³-hybridized carbons (Fsp3) is 0.632. The molecule has 6 heteroatoms. The van der Waals surface area contributed by atoms with Crippen LogP contribution in [0.1, 0.15) is 20.3 Å². The summed E-state index contributed by atoms with van der Waals surface area (Å²) in [6.45, 7) is 11.3. The van der Waals surface area contributed by atoms with Gasteiger partial charge in [-0.1, -0.05) is 0 Å². The molecule has 0 unspecified atom stereocenters. The second-order valence-corrected chi connectivity index (χ2v) is 5.96. The summed E-state index contributed by atoms with van der Waals surface area (Å²) in [6, 6.07) is 8.29. The second-order valence-electron chi connectivity index (χ2n) is 5.96. The van der Waals surface area contributed by atoms with Gasteiger partial charge in [-0.2, -0.15) is 0 Å². The average molecular weight is 348 g/mol. The summed E-state index contributed by atoms with van der Waals surface area (Å²) in [5, 5.41) is 3.41. The molecule has 1 aliphatic rings. The van der Waals surface area contributed by atoms with Gasteiger partial charge in [0, 0.05) is 58.2 Å². The summed E-state index contributed by atoms with van der Waals surface area (Å²) >= 11 is 0. The lowest BCUT2D eigenvalue weighted by atomic mass is 10.2. The first-order valence-electron chi connectivity index (χ1n) is 9.28. The maximum absolute atomic E-state index is 5.38. The van der Waals surface area contributed by atoms with Crippen LogP contribution < -0.4 is 15.0 Å². The summed E-state index contributed by atoms with van der Waals surface area (Å²) in [6.07, 6.45) is 0.967. The molecule has 0 aromatic heterocycles. The second kappa shape index (κ2) is 10.8. The van der Waals surface area contributed by atoms with Crippen LogP contribution in [0.25, 0.3) is 0 Å². The number of rotatable bonds is 8. The van der Waals surface area contributed by atoms with Crippen molar-refractivity contribution in [2.75, 3.05) is 64.5 Å². The van der Waals surface area contributed by atoms with Gasteiger partial charge in [0.25, 0.3) is 0 Å². The third-order valence-electron chi connectivity index (χ3n) is 4.26. The number of aliphatic imine (C=N–C) groups is 1. The highest BCUT2D eigenvalue weighted by atomic mass is 16.5. The Morgan fingerprint density at radius 2 is 1.84 bits per heavy atom. The number of ether oxygens (including phenoxy) is 2. The van der Waals surface area contributed by atoms with Crippen molar-refractivity contribution in [1.82, 2.24) is 10.2 Å². The largest absolute Gasteiger partial charge is 0.497 e. The van der Waals surface area contributed by atoms with E-state index in [1.54, 1.807) is 7.11 Å². The van der Waals surface area contributed by atoms with Crippen molar-refractivity contribution in [3.8, 4) is 5.75 Å². The number of nitrogens with one attached hydrogen (secondary N) is 1. The van der Waals surface area contributed by atoms with Crippen LogP contribution in [0.15, 0.2) is 29.3 Å². The zero-order valence-electron chi connectivity index (χ0n) is 15.8. The number of guanidine groups is 1. The molecule has 1 aromatic carbocycles. The molecule has 1 N–H and O–H groups in total. The lowest BCUT2D eigenvalue weighted by Crippen LogP contribution is -2.52. The topological polar surface area (TPSA) is 49.3 Å². The highest BCUT2D eigenvalue weighted by molar-refractivity contribution is 5.80. The molecular weight excluding hydrogens is 316 g/mol. The van der Waals surface area contributed by atoms with Crippen LogP contribution in [0.4, 0.5) is 5.69 Å². The molecule has 1 aromatic rings. The Labute approximate surface area is 151 Å². The Hall–Kier alpha value is -1.95. The highest BCUT2D eigenvalue weighted by Crippen LogP contribution is 2.20. The maximum Gasteiger partial charge on any atom is 0.194 e. The third kappa shape index (κ3) is 6.12. The van der Waals surface area contributed by atoms with Gasteiger partial charge in [-0.3, -0.25) is 4.99 Å². The van der Waals surface area contributed by atoms with E-state index in [0.29, 0.717) is 0 Å². The Balaban J connectivity index is 1.85. The molecule has 140 valence electrons. The minimum atomic E-state index is 0.775. The first-order chi connectivity index (χ1) is 12.3. The Kier molecular flexibility index (Phi) is 8.39.